The molecule has 3 nitrogen and oxygen atoms in total. The highest BCUT2D eigenvalue weighted by Crippen LogP contribution is 1.92. The lowest BCUT2D eigenvalue weighted by molar-refractivity contribution is -0.117. The highest BCUT2D eigenvalue weighted by atomic mass is 16.1. The second-order valence-corrected chi connectivity index (χ2v) is 3.09. The summed E-state index contributed by atoms with van der Waals surface area (Å²) in [6.07, 6.45) is 1.62. The van der Waals surface area contributed by atoms with Gasteiger partial charge in [0.2, 0.25) is 5.91 Å². The number of allylic oxidation sites excluding steroid dienone is 1. The Balaban J connectivity index is 2.25. The molecule has 0 unspecified atom stereocenters. The fourth-order valence-corrected chi connectivity index (χ4v) is 0.896. The lowest BCUT2D eigenvalue weighted by Gasteiger charge is -2.27. The summed E-state index contributed by atoms with van der Waals surface area (Å²) in [4.78, 5) is 11.0. The van der Waals surface area contributed by atoms with Crippen LogP contribution in [0.2, 0.25) is 0 Å². The maximum Gasteiger partial charge on any atom is 0.244 e. The lowest BCUT2D eigenvalue weighted by atomic mass is 10.2. The smallest absolute Gasteiger partial charge is 0.244 e. The summed E-state index contributed by atoms with van der Waals surface area (Å²) in [6.45, 7) is 5.64. The topological polar surface area (TPSA) is 41.1 Å². The van der Waals surface area contributed by atoms with Crippen LogP contribution in [0, 0.1) is 0 Å². The van der Waals surface area contributed by atoms with E-state index in [-0.39, 0.29) is 5.91 Å². The molecule has 1 saturated heterocycles. The number of hydrogen-bond donors (Lipinski definition) is 2. The summed E-state index contributed by atoms with van der Waals surface area (Å²) in [5, 5.41) is 5.95. The van der Waals surface area contributed by atoms with E-state index in [1.54, 1.807) is 6.08 Å². The molecule has 0 aliphatic carbocycles. The van der Waals surface area contributed by atoms with Crippen molar-refractivity contribution in [2.75, 3.05) is 13.1 Å². The van der Waals surface area contributed by atoms with Crippen molar-refractivity contribution in [2.45, 2.75) is 19.9 Å². The van der Waals surface area contributed by atoms with E-state index in [9.17, 15) is 4.79 Å². The molecule has 1 amide bonds. The first-order valence-corrected chi connectivity index (χ1v) is 3.84. The summed E-state index contributed by atoms with van der Waals surface area (Å²) in [5.74, 6) is 0.0245. The normalized spacial score (nSPS) is 16.9. The van der Waals surface area contributed by atoms with Gasteiger partial charge in [0.1, 0.15) is 0 Å². The van der Waals surface area contributed by atoms with Crippen LogP contribution in [-0.2, 0) is 4.79 Å². The van der Waals surface area contributed by atoms with Crippen LogP contribution in [0.4, 0.5) is 0 Å². The summed E-state index contributed by atoms with van der Waals surface area (Å²) in [7, 11) is 0. The van der Waals surface area contributed by atoms with Crippen molar-refractivity contribution in [3.63, 3.8) is 0 Å². The Morgan fingerprint density at radius 1 is 1.55 bits per heavy atom. The third-order valence-corrected chi connectivity index (χ3v) is 1.55. The quantitative estimate of drug-likeness (QED) is 0.551. The van der Waals surface area contributed by atoms with Crippen molar-refractivity contribution in [3.05, 3.63) is 11.6 Å². The number of rotatable bonds is 2. The molecule has 0 radical (unpaired) electrons. The lowest BCUT2D eigenvalue weighted by Crippen LogP contribution is -2.56. The van der Waals surface area contributed by atoms with Gasteiger partial charge in [0, 0.05) is 19.2 Å². The molecular weight excluding hydrogens is 140 g/mol. The Morgan fingerprint density at radius 3 is 2.55 bits per heavy atom. The third kappa shape index (κ3) is 2.72. The van der Waals surface area contributed by atoms with Gasteiger partial charge in [0.05, 0.1) is 6.04 Å². The first-order valence-electron chi connectivity index (χ1n) is 3.84. The molecular formula is C8H14N2O. The fourth-order valence-electron chi connectivity index (χ4n) is 0.896. The molecule has 3 heteroatoms. The van der Waals surface area contributed by atoms with Gasteiger partial charge in [-0.2, -0.15) is 0 Å². The van der Waals surface area contributed by atoms with Crippen LogP contribution in [0.25, 0.3) is 0 Å². The minimum atomic E-state index is 0.0245. The van der Waals surface area contributed by atoms with Gasteiger partial charge in [0.25, 0.3) is 0 Å². The van der Waals surface area contributed by atoms with Crippen LogP contribution in [-0.4, -0.2) is 25.0 Å². The Hall–Kier alpha value is -0.830. The van der Waals surface area contributed by atoms with Crippen LogP contribution in [0.3, 0.4) is 0 Å². The monoisotopic (exact) mass is 154 g/mol. The minimum absolute atomic E-state index is 0.0245. The van der Waals surface area contributed by atoms with E-state index in [2.05, 4.69) is 10.6 Å². The number of carbonyl (C=O) groups excluding carboxylic acids is 1. The van der Waals surface area contributed by atoms with E-state index in [4.69, 9.17) is 0 Å². The van der Waals surface area contributed by atoms with Crippen LogP contribution in [0.1, 0.15) is 13.8 Å². The number of carbonyl (C=O) groups is 1. The van der Waals surface area contributed by atoms with E-state index in [1.807, 2.05) is 13.8 Å². The summed E-state index contributed by atoms with van der Waals surface area (Å²) < 4.78 is 0. The van der Waals surface area contributed by atoms with E-state index >= 15 is 0 Å². The van der Waals surface area contributed by atoms with Gasteiger partial charge >= 0.3 is 0 Å². The maximum absolute atomic E-state index is 11.0. The van der Waals surface area contributed by atoms with Crippen molar-refractivity contribution in [2.24, 2.45) is 0 Å². The molecule has 1 fully saturated rings. The number of amides is 1. The highest BCUT2D eigenvalue weighted by Gasteiger charge is 2.17. The van der Waals surface area contributed by atoms with Crippen molar-refractivity contribution >= 4 is 5.91 Å². The molecule has 11 heavy (non-hydrogen) atoms. The van der Waals surface area contributed by atoms with Crippen LogP contribution < -0.4 is 10.6 Å². The second-order valence-electron chi connectivity index (χ2n) is 3.09. The average molecular weight is 154 g/mol. The first-order chi connectivity index (χ1) is 5.18. The molecule has 0 spiro atoms. The van der Waals surface area contributed by atoms with Gasteiger partial charge in [-0.05, 0) is 13.8 Å². The van der Waals surface area contributed by atoms with E-state index in [1.165, 1.54) is 0 Å². The number of hydrogen-bond acceptors (Lipinski definition) is 2. The van der Waals surface area contributed by atoms with Crippen LogP contribution >= 0.6 is 0 Å². The van der Waals surface area contributed by atoms with Gasteiger partial charge in [-0.3, -0.25) is 4.79 Å². The van der Waals surface area contributed by atoms with Gasteiger partial charge in [-0.15, -0.1) is 0 Å². The zero-order valence-corrected chi connectivity index (χ0v) is 6.98. The molecule has 0 aromatic rings. The maximum atomic E-state index is 11.0. The average Bonchev–Trinajstić information content (AvgIpc) is 1.77. The van der Waals surface area contributed by atoms with Gasteiger partial charge < -0.3 is 10.6 Å². The molecule has 0 aromatic carbocycles. The molecule has 0 atom stereocenters. The van der Waals surface area contributed by atoms with E-state index in [0.29, 0.717) is 6.04 Å². The zero-order valence-electron chi connectivity index (χ0n) is 6.98. The SMILES string of the molecule is CC(C)=CC(=O)NC1CNC1. The Bertz CT molecular complexity index is 179. The molecule has 0 saturated carbocycles. The second kappa shape index (κ2) is 3.53. The molecule has 62 valence electrons. The Kier molecular flexibility index (Phi) is 2.65. The predicted molar refractivity (Wildman–Crippen MR) is 44.2 cm³/mol. The minimum Gasteiger partial charge on any atom is -0.347 e. The predicted octanol–water partition coefficient (Wildman–Crippen LogP) is 0.0406. The molecule has 0 aromatic heterocycles. The van der Waals surface area contributed by atoms with E-state index < -0.39 is 0 Å². The Morgan fingerprint density at radius 2 is 2.18 bits per heavy atom. The molecule has 2 N–H and O–H groups in total. The van der Waals surface area contributed by atoms with Crippen molar-refractivity contribution in [1.29, 1.82) is 0 Å². The fraction of sp³-hybridized carbons (Fsp3) is 0.625. The van der Waals surface area contributed by atoms with Crippen LogP contribution in [0.5, 0.6) is 0 Å². The molecule has 1 aliphatic heterocycles. The molecule has 1 aliphatic rings. The molecule has 1 heterocycles. The summed E-state index contributed by atoms with van der Waals surface area (Å²) >= 11 is 0. The zero-order chi connectivity index (χ0) is 8.27. The largest absolute Gasteiger partial charge is 0.347 e. The van der Waals surface area contributed by atoms with Gasteiger partial charge in [0.15, 0.2) is 0 Å². The standard InChI is InChI=1S/C8H14N2O/c1-6(2)3-8(11)10-7-4-9-5-7/h3,7,9H,4-5H2,1-2H3,(H,10,11). The van der Waals surface area contributed by atoms with Crippen molar-refractivity contribution in [3.8, 4) is 0 Å². The molecule has 0 bridgehead atoms. The van der Waals surface area contributed by atoms with Crippen molar-refractivity contribution < 1.29 is 4.79 Å². The Labute approximate surface area is 66.9 Å². The van der Waals surface area contributed by atoms with E-state index in [0.717, 1.165) is 18.7 Å². The summed E-state index contributed by atoms with van der Waals surface area (Å²) in [5.41, 5.74) is 1.04. The van der Waals surface area contributed by atoms with Crippen LogP contribution in [0.15, 0.2) is 11.6 Å². The molecule has 1 rings (SSSR count). The highest BCUT2D eigenvalue weighted by molar-refractivity contribution is 5.88. The van der Waals surface area contributed by atoms with Crippen molar-refractivity contribution in [1.82, 2.24) is 10.6 Å². The first kappa shape index (κ1) is 8.27. The third-order valence-electron chi connectivity index (χ3n) is 1.55. The van der Waals surface area contributed by atoms with Gasteiger partial charge in [-0.1, -0.05) is 5.57 Å². The van der Waals surface area contributed by atoms with Gasteiger partial charge in [-0.25, -0.2) is 0 Å². The summed E-state index contributed by atoms with van der Waals surface area (Å²) in [6, 6.07) is 0.345. The number of nitrogens with one attached hydrogen (secondary N) is 2.